The zero-order valence-corrected chi connectivity index (χ0v) is 27.1. The molecule has 0 unspecified atom stereocenters. The lowest BCUT2D eigenvalue weighted by Gasteiger charge is -2.11. The molecular formula is C37H36N2O7S. The second-order valence-corrected chi connectivity index (χ2v) is 12.0. The van der Waals surface area contributed by atoms with Crippen molar-refractivity contribution >= 4 is 28.0 Å². The molecule has 4 rings (SSSR count). The maximum Gasteiger partial charge on any atom is 0.305 e. The Hall–Kier alpha value is -5.40. The number of allylic oxidation sites excluding steroid dienone is 1. The number of hydrogen-bond donors (Lipinski definition) is 1. The molecule has 1 N–H and O–H groups in total. The summed E-state index contributed by atoms with van der Waals surface area (Å²) in [5, 5.41) is 0. The SMILES string of the molecule is COC(=O)CCc1nc(C#Cc2ccc(C(=O)NS(=O)(=O)c3ccccc3)cc2)ccc1OCCCC/C=C/c1ccc(OC)cc1. The summed E-state index contributed by atoms with van der Waals surface area (Å²) in [6.45, 7) is 0.501. The van der Waals surface area contributed by atoms with Gasteiger partial charge in [0.25, 0.3) is 15.9 Å². The quantitative estimate of drug-likeness (QED) is 0.100. The summed E-state index contributed by atoms with van der Waals surface area (Å²) >= 11 is 0. The fraction of sp³-hybridized carbons (Fsp3) is 0.216. The number of ether oxygens (including phenoxy) is 3. The number of benzene rings is 3. The van der Waals surface area contributed by atoms with E-state index in [1.807, 2.05) is 24.3 Å². The Labute approximate surface area is 275 Å². The van der Waals surface area contributed by atoms with Crippen LogP contribution in [0.1, 0.15) is 58.6 Å². The molecule has 0 fully saturated rings. The van der Waals surface area contributed by atoms with Gasteiger partial charge in [0.05, 0.1) is 37.8 Å². The Morgan fingerprint density at radius 2 is 1.62 bits per heavy atom. The summed E-state index contributed by atoms with van der Waals surface area (Å²) in [5.41, 5.74) is 2.98. The lowest BCUT2D eigenvalue weighted by Crippen LogP contribution is -2.30. The molecule has 9 nitrogen and oxygen atoms in total. The standard InChI is InChI=1S/C37H36N2O7S/c1-44-32-22-16-28(17-23-32)10-6-3-4-9-27-46-35-25-21-31(38-34(35)24-26-36(40)45-2)20-15-29-13-18-30(19-14-29)37(41)39-47(42,43)33-11-7-5-8-12-33/h5-8,10-14,16-19,21-23,25H,3-4,9,24,26-27H2,1-2H3,(H,39,41)/b10-6+. The smallest absolute Gasteiger partial charge is 0.305 e. The fourth-order valence-electron chi connectivity index (χ4n) is 4.35. The van der Waals surface area contributed by atoms with Crippen LogP contribution in [0, 0.1) is 11.8 Å². The van der Waals surface area contributed by atoms with Gasteiger partial charge < -0.3 is 14.2 Å². The van der Waals surface area contributed by atoms with Gasteiger partial charge in [0.1, 0.15) is 17.2 Å². The van der Waals surface area contributed by atoms with Crippen LogP contribution in [-0.2, 0) is 26.0 Å². The molecule has 0 aliphatic heterocycles. The van der Waals surface area contributed by atoms with E-state index in [1.165, 1.54) is 31.4 Å². The molecule has 0 spiro atoms. The number of sulfonamides is 1. The van der Waals surface area contributed by atoms with Crippen molar-refractivity contribution in [2.75, 3.05) is 20.8 Å². The first-order valence-electron chi connectivity index (χ1n) is 15.0. The van der Waals surface area contributed by atoms with Crippen LogP contribution in [-0.4, -0.2) is 46.1 Å². The van der Waals surface area contributed by atoms with Crippen LogP contribution in [0.15, 0.2) is 102 Å². The Morgan fingerprint density at radius 1 is 0.872 bits per heavy atom. The average Bonchev–Trinajstić information content (AvgIpc) is 3.10. The van der Waals surface area contributed by atoms with Gasteiger partial charge >= 0.3 is 5.97 Å². The van der Waals surface area contributed by atoms with Gasteiger partial charge in [-0.2, -0.15) is 0 Å². The lowest BCUT2D eigenvalue weighted by atomic mass is 10.1. The van der Waals surface area contributed by atoms with E-state index in [4.69, 9.17) is 14.2 Å². The average molecular weight is 653 g/mol. The Bertz CT molecular complexity index is 1840. The summed E-state index contributed by atoms with van der Waals surface area (Å²) in [7, 11) is -0.998. The fourth-order valence-corrected chi connectivity index (χ4v) is 5.35. The number of amides is 1. The molecule has 1 heterocycles. The van der Waals surface area contributed by atoms with Gasteiger partial charge in [-0.1, -0.05) is 48.4 Å². The molecule has 242 valence electrons. The summed E-state index contributed by atoms with van der Waals surface area (Å²) in [5.74, 6) is 6.34. The van der Waals surface area contributed by atoms with E-state index >= 15 is 0 Å². The summed E-state index contributed by atoms with van der Waals surface area (Å²) in [6.07, 6.45) is 7.41. The number of aryl methyl sites for hydroxylation is 1. The van der Waals surface area contributed by atoms with Crippen LogP contribution in [0.25, 0.3) is 6.08 Å². The molecule has 0 bridgehead atoms. The first kappa shape index (κ1) is 34.5. The molecule has 0 saturated carbocycles. The predicted molar refractivity (Wildman–Crippen MR) is 179 cm³/mol. The number of carbonyl (C=O) groups excluding carboxylic acids is 2. The number of rotatable bonds is 14. The van der Waals surface area contributed by atoms with Crippen molar-refractivity contribution in [2.45, 2.75) is 37.0 Å². The van der Waals surface area contributed by atoms with Crippen LogP contribution < -0.4 is 14.2 Å². The van der Waals surface area contributed by atoms with Crippen LogP contribution in [0.2, 0.25) is 0 Å². The summed E-state index contributed by atoms with van der Waals surface area (Å²) in [6, 6.07) is 25.4. The van der Waals surface area contributed by atoms with E-state index in [1.54, 1.807) is 49.6 Å². The topological polar surface area (TPSA) is 121 Å². The molecular weight excluding hydrogens is 616 g/mol. The van der Waals surface area contributed by atoms with Gasteiger partial charge in [-0.15, -0.1) is 0 Å². The monoisotopic (exact) mass is 652 g/mol. The van der Waals surface area contributed by atoms with Crippen LogP contribution in [0.4, 0.5) is 0 Å². The minimum atomic E-state index is -3.99. The number of pyridine rings is 1. The van der Waals surface area contributed by atoms with Gasteiger partial charge in [-0.05, 0) is 91.4 Å². The minimum Gasteiger partial charge on any atom is -0.497 e. The summed E-state index contributed by atoms with van der Waals surface area (Å²) < 4.78 is 43.0. The molecule has 0 atom stereocenters. The van der Waals surface area contributed by atoms with Crippen molar-refractivity contribution in [2.24, 2.45) is 0 Å². The molecule has 47 heavy (non-hydrogen) atoms. The minimum absolute atomic E-state index is 0.000167. The molecule has 0 aliphatic carbocycles. The zero-order valence-electron chi connectivity index (χ0n) is 26.3. The highest BCUT2D eigenvalue weighted by atomic mass is 32.2. The van der Waals surface area contributed by atoms with E-state index in [0.717, 1.165) is 30.6 Å². The highest BCUT2D eigenvalue weighted by molar-refractivity contribution is 7.90. The van der Waals surface area contributed by atoms with Crippen LogP contribution >= 0.6 is 0 Å². The van der Waals surface area contributed by atoms with E-state index in [0.29, 0.717) is 35.7 Å². The largest absolute Gasteiger partial charge is 0.497 e. The molecule has 1 aromatic heterocycles. The number of nitrogens with zero attached hydrogens (tertiary/aromatic N) is 1. The molecule has 1 amide bonds. The number of aromatic nitrogens is 1. The van der Waals surface area contributed by atoms with Crippen molar-refractivity contribution in [3.8, 4) is 23.3 Å². The number of carbonyl (C=O) groups is 2. The number of hydrogen-bond acceptors (Lipinski definition) is 8. The highest BCUT2D eigenvalue weighted by Crippen LogP contribution is 2.20. The first-order chi connectivity index (χ1) is 22.8. The highest BCUT2D eigenvalue weighted by Gasteiger charge is 2.18. The number of methoxy groups -OCH3 is 2. The van der Waals surface area contributed by atoms with Gasteiger partial charge in [0.15, 0.2) is 0 Å². The first-order valence-corrected chi connectivity index (χ1v) is 16.5. The van der Waals surface area contributed by atoms with Gasteiger partial charge in [-0.3, -0.25) is 9.59 Å². The van der Waals surface area contributed by atoms with Gasteiger partial charge in [-0.25, -0.2) is 18.1 Å². The number of nitrogens with one attached hydrogen (secondary N) is 1. The Kier molecular flexibility index (Phi) is 12.7. The molecule has 0 aliphatic rings. The van der Waals surface area contributed by atoms with Crippen molar-refractivity contribution in [1.82, 2.24) is 9.71 Å². The third-order valence-electron chi connectivity index (χ3n) is 6.94. The second-order valence-electron chi connectivity index (χ2n) is 10.3. The molecule has 3 aromatic carbocycles. The van der Waals surface area contributed by atoms with Crippen molar-refractivity contribution < 1.29 is 32.2 Å². The third kappa shape index (κ3) is 10.9. The van der Waals surface area contributed by atoms with Crippen LogP contribution in [0.5, 0.6) is 11.5 Å². The summed E-state index contributed by atoms with van der Waals surface area (Å²) in [4.78, 5) is 29.0. The van der Waals surface area contributed by atoms with Crippen molar-refractivity contribution in [3.05, 3.63) is 125 Å². The van der Waals surface area contributed by atoms with Crippen molar-refractivity contribution in [3.63, 3.8) is 0 Å². The van der Waals surface area contributed by atoms with Gasteiger partial charge in [0.2, 0.25) is 0 Å². The van der Waals surface area contributed by atoms with E-state index in [9.17, 15) is 18.0 Å². The van der Waals surface area contributed by atoms with E-state index in [2.05, 4.69) is 33.7 Å². The van der Waals surface area contributed by atoms with E-state index < -0.39 is 15.9 Å². The number of esters is 1. The molecule has 0 radical (unpaired) electrons. The Morgan fingerprint density at radius 3 is 2.32 bits per heavy atom. The maximum absolute atomic E-state index is 12.5. The predicted octanol–water partition coefficient (Wildman–Crippen LogP) is 5.98. The molecule has 10 heteroatoms. The number of unbranched alkanes of at least 4 members (excludes halogenated alkanes) is 2. The molecule has 4 aromatic rings. The second kappa shape index (κ2) is 17.3. The van der Waals surface area contributed by atoms with Gasteiger partial charge in [0, 0.05) is 17.5 Å². The normalized spacial score (nSPS) is 10.9. The zero-order chi connectivity index (χ0) is 33.5. The lowest BCUT2D eigenvalue weighted by molar-refractivity contribution is -0.140. The van der Waals surface area contributed by atoms with E-state index in [-0.39, 0.29) is 22.8 Å². The van der Waals surface area contributed by atoms with Crippen molar-refractivity contribution in [1.29, 1.82) is 0 Å². The van der Waals surface area contributed by atoms with Crippen LogP contribution in [0.3, 0.4) is 0 Å². The maximum atomic E-state index is 12.5. The Balaban J connectivity index is 1.34. The third-order valence-corrected chi connectivity index (χ3v) is 8.28. The molecule has 0 saturated heterocycles.